The van der Waals surface area contributed by atoms with E-state index in [1.54, 1.807) is 28.9 Å². The van der Waals surface area contributed by atoms with E-state index in [1.165, 1.54) is 6.07 Å². The lowest BCUT2D eigenvalue weighted by Crippen LogP contribution is -2.51. The molecule has 1 N–H and O–H groups in total. The summed E-state index contributed by atoms with van der Waals surface area (Å²) in [6.45, 7) is 5.86. The van der Waals surface area contributed by atoms with Crippen molar-refractivity contribution < 1.29 is 14.0 Å². The van der Waals surface area contributed by atoms with Gasteiger partial charge in [-0.3, -0.25) is 14.4 Å². The lowest BCUT2D eigenvalue weighted by Gasteiger charge is -2.35. The SMILES string of the molecule is Cc1c(Cc2ccc(F)c(C(=O)N3CCN(C(=O)CCN(C)C)CC3)c2)n[nH]c(=O)c1C. The molecule has 0 radical (unpaired) electrons. The molecular weight excluding hydrogens is 413 g/mol. The van der Waals surface area contributed by atoms with Gasteiger partial charge in [-0.25, -0.2) is 9.49 Å². The van der Waals surface area contributed by atoms with E-state index in [1.807, 2.05) is 25.9 Å². The molecule has 1 fully saturated rings. The molecule has 0 atom stereocenters. The monoisotopic (exact) mass is 443 g/mol. The molecule has 32 heavy (non-hydrogen) atoms. The largest absolute Gasteiger partial charge is 0.339 e. The number of benzene rings is 1. The van der Waals surface area contributed by atoms with Crippen LogP contribution in [0.2, 0.25) is 0 Å². The van der Waals surface area contributed by atoms with Gasteiger partial charge in [-0.2, -0.15) is 5.10 Å². The van der Waals surface area contributed by atoms with Crippen molar-refractivity contribution in [2.24, 2.45) is 0 Å². The number of hydrogen-bond acceptors (Lipinski definition) is 5. The molecule has 1 aliphatic heterocycles. The lowest BCUT2D eigenvalue weighted by molar-refractivity contribution is -0.132. The number of piperazine rings is 1. The fraction of sp³-hybridized carbons (Fsp3) is 0.478. The minimum Gasteiger partial charge on any atom is -0.339 e. The third-order valence-corrected chi connectivity index (χ3v) is 5.95. The van der Waals surface area contributed by atoms with Crippen molar-refractivity contribution >= 4 is 11.8 Å². The van der Waals surface area contributed by atoms with Crippen LogP contribution >= 0.6 is 0 Å². The Balaban J connectivity index is 1.68. The highest BCUT2D eigenvalue weighted by Crippen LogP contribution is 2.18. The summed E-state index contributed by atoms with van der Waals surface area (Å²) in [5.74, 6) is -0.893. The van der Waals surface area contributed by atoms with E-state index >= 15 is 0 Å². The molecule has 1 saturated heterocycles. The third kappa shape index (κ3) is 5.40. The molecule has 3 rings (SSSR count). The van der Waals surface area contributed by atoms with Crippen molar-refractivity contribution in [2.45, 2.75) is 26.7 Å². The van der Waals surface area contributed by atoms with Gasteiger partial charge in [-0.05, 0) is 51.2 Å². The fourth-order valence-corrected chi connectivity index (χ4v) is 3.69. The standard InChI is InChI=1S/C23H30FN5O3/c1-15-16(2)22(31)26-25-20(15)14-17-5-6-19(24)18(13-17)23(32)29-11-9-28(10-12-29)21(30)7-8-27(3)4/h5-6,13H,7-12,14H2,1-4H3,(H,26,31). The molecule has 2 amide bonds. The van der Waals surface area contributed by atoms with Gasteiger partial charge in [0, 0.05) is 51.1 Å². The second-order valence-corrected chi connectivity index (χ2v) is 8.47. The summed E-state index contributed by atoms with van der Waals surface area (Å²) in [5.41, 5.74) is 2.55. The van der Waals surface area contributed by atoms with Crippen LogP contribution in [-0.2, 0) is 11.2 Å². The van der Waals surface area contributed by atoms with E-state index in [4.69, 9.17) is 0 Å². The second kappa shape index (κ2) is 10.0. The van der Waals surface area contributed by atoms with Gasteiger partial charge in [0.1, 0.15) is 5.82 Å². The molecule has 0 aliphatic carbocycles. The Bertz CT molecular complexity index is 1060. The van der Waals surface area contributed by atoms with E-state index in [2.05, 4.69) is 10.2 Å². The maximum atomic E-state index is 14.5. The summed E-state index contributed by atoms with van der Waals surface area (Å²) in [6, 6.07) is 4.46. The molecule has 0 unspecified atom stereocenters. The van der Waals surface area contributed by atoms with Crippen LogP contribution < -0.4 is 5.56 Å². The van der Waals surface area contributed by atoms with Crippen LogP contribution in [0.4, 0.5) is 4.39 Å². The molecule has 1 aliphatic rings. The van der Waals surface area contributed by atoms with Gasteiger partial charge in [0.25, 0.3) is 11.5 Å². The van der Waals surface area contributed by atoms with E-state index in [0.29, 0.717) is 56.8 Å². The summed E-state index contributed by atoms with van der Waals surface area (Å²) in [7, 11) is 3.84. The highest BCUT2D eigenvalue weighted by Gasteiger charge is 2.26. The predicted octanol–water partition coefficient (Wildman–Crippen LogP) is 1.35. The zero-order valence-corrected chi connectivity index (χ0v) is 19.1. The molecule has 8 nitrogen and oxygen atoms in total. The van der Waals surface area contributed by atoms with Crippen LogP contribution in [0, 0.1) is 19.7 Å². The first-order valence-electron chi connectivity index (χ1n) is 10.7. The number of hydrogen-bond donors (Lipinski definition) is 1. The molecular formula is C23H30FN5O3. The summed E-state index contributed by atoms with van der Waals surface area (Å²) < 4.78 is 14.5. The minimum absolute atomic E-state index is 0.00804. The van der Waals surface area contributed by atoms with Crippen LogP contribution in [0.5, 0.6) is 0 Å². The van der Waals surface area contributed by atoms with E-state index in [9.17, 15) is 18.8 Å². The normalized spacial score (nSPS) is 14.2. The van der Waals surface area contributed by atoms with E-state index < -0.39 is 5.82 Å². The van der Waals surface area contributed by atoms with Crippen LogP contribution in [0.25, 0.3) is 0 Å². The number of carbonyl (C=O) groups is 2. The molecule has 0 saturated carbocycles. The molecule has 1 aromatic carbocycles. The number of rotatable bonds is 6. The van der Waals surface area contributed by atoms with Crippen LogP contribution in [0.15, 0.2) is 23.0 Å². The number of amides is 2. The van der Waals surface area contributed by atoms with Gasteiger partial charge >= 0.3 is 0 Å². The van der Waals surface area contributed by atoms with E-state index in [-0.39, 0.29) is 22.9 Å². The number of nitrogens with zero attached hydrogens (tertiary/aromatic N) is 4. The first-order chi connectivity index (χ1) is 15.2. The number of H-pyrrole nitrogens is 1. The molecule has 1 aromatic heterocycles. The summed E-state index contributed by atoms with van der Waals surface area (Å²) in [5, 5.41) is 6.57. The molecule has 0 spiro atoms. The zero-order chi connectivity index (χ0) is 23.4. The Labute approximate surface area is 187 Å². The summed E-state index contributed by atoms with van der Waals surface area (Å²) in [4.78, 5) is 42.3. The van der Waals surface area contributed by atoms with Crippen LogP contribution in [-0.4, -0.2) is 83.5 Å². The zero-order valence-electron chi connectivity index (χ0n) is 19.1. The van der Waals surface area contributed by atoms with Crippen molar-refractivity contribution in [3.05, 3.63) is 62.3 Å². The highest BCUT2D eigenvalue weighted by atomic mass is 19.1. The second-order valence-electron chi connectivity index (χ2n) is 8.47. The van der Waals surface area contributed by atoms with Gasteiger partial charge in [0.15, 0.2) is 0 Å². The number of aromatic nitrogens is 2. The first-order valence-corrected chi connectivity index (χ1v) is 10.7. The van der Waals surface area contributed by atoms with Crippen molar-refractivity contribution in [1.82, 2.24) is 24.9 Å². The Hall–Kier alpha value is -3.07. The highest BCUT2D eigenvalue weighted by molar-refractivity contribution is 5.95. The maximum Gasteiger partial charge on any atom is 0.267 e. The van der Waals surface area contributed by atoms with Gasteiger partial charge in [-0.1, -0.05) is 6.07 Å². The van der Waals surface area contributed by atoms with Gasteiger partial charge in [-0.15, -0.1) is 0 Å². The van der Waals surface area contributed by atoms with Crippen LogP contribution in [0.1, 0.15) is 39.2 Å². The van der Waals surface area contributed by atoms with Crippen molar-refractivity contribution in [1.29, 1.82) is 0 Å². The van der Waals surface area contributed by atoms with E-state index in [0.717, 1.165) is 11.1 Å². The number of nitrogens with one attached hydrogen (secondary N) is 1. The molecule has 2 aromatic rings. The molecule has 172 valence electrons. The quantitative estimate of drug-likeness (QED) is 0.728. The van der Waals surface area contributed by atoms with Crippen molar-refractivity contribution in [3.63, 3.8) is 0 Å². The summed E-state index contributed by atoms with van der Waals surface area (Å²) in [6.07, 6.45) is 0.813. The number of halogens is 1. The van der Waals surface area contributed by atoms with Crippen molar-refractivity contribution in [3.8, 4) is 0 Å². The average molecular weight is 444 g/mol. The first kappa shape index (κ1) is 23.6. The Morgan fingerprint density at radius 1 is 1.09 bits per heavy atom. The average Bonchev–Trinajstić information content (AvgIpc) is 2.78. The third-order valence-electron chi connectivity index (χ3n) is 5.95. The topological polar surface area (TPSA) is 89.6 Å². The van der Waals surface area contributed by atoms with Crippen LogP contribution in [0.3, 0.4) is 0 Å². The van der Waals surface area contributed by atoms with Gasteiger partial charge in [0.05, 0.1) is 11.3 Å². The predicted molar refractivity (Wildman–Crippen MR) is 119 cm³/mol. The molecule has 9 heteroatoms. The smallest absolute Gasteiger partial charge is 0.267 e. The Kier molecular flexibility index (Phi) is 7.40. The Morgan fingerprint density at radius 3 is 2.41 bits per heavy atom. The molecule has 0 bridgehead atoms. The number of aromatic amines is 1. The maximum absolute atomic E-state index is 14.5. The fourth-order valence-electron chi connectivity index (χ4n) is 3.69. The lowest BCUT2D eigenvalue weighted by atomic mass is 10.0. The number of carbonyl (C=O) groups excluding carboxylic acids is 2. The Morgan fingerprint density at radius 2 is 1.75 bits per heavy atom. The van der Waals surface area contributed by atoms with Gasteiger partial charge in [0.2, 0.25) is 5.91 Å². The molecule has 2 heterocycles. The summed E-state index contributed by atoms with van der Waals surface area (Å²) >= 11 is 0. The van der Waals surface area contributed by atoms with Gasteiger partial charge < -0.3 is 14.7 Å². The van der Waals surface area contributed by atoms with Crippen molar-refractivity contribution in [2.75, 3.05) is 46.8 Å². The minimum atomic E-state index is -0.578.